The summed E-state index contributed by atoms with van der Waals surface area (Å²) in [5.41, 5.74) is 6.35. The predicted octanol–water partition coefficient (Wildman–Crippen LogP) is -1.38. The third-order valence-corrected chi connectivity index (χ3v) is 3.17. The molecule has 0 N–H and O–H groups in total. The van der Waals surface area contributed by atoms with Crippen LogP contribution in [-0.4, -0.2) is 0 Å². The number of ether oxygens (including phenoxy) is 1. The van der Waals surface area contributed by atoms with E-state index in [1.165, 1.54) is 27.8 Å². The van der Waals surface area contributed by atoms with Crippen LogP contribution in [-0.2, 0) is 21.7 Å². The first-order chi connectivity index (χ1) is 7.97. The number of aryl methyl sites for hydroxylation is 3. The molecule has 20 heavy (non-hydrogen) atoms. The molecule has 0 saturated carbocycles. The number of hydrogen-bond donors (Lipinski definition) is 0. The molecular formula is C16H20Cl2OTi. The normalized spacial score (nSPS) is 12.9. The first kappa shape index (κ1) is 22.1. The maximum atomic E-state index is 6.10. The summed E-state index contributed by atoms with van der Waals surface area (Å²) < 4.78 is 6.10. The summed E-state index contributed by atoms with van der Waals surface area (Å²) in [6.45, 7) is 10.6. The topological polar surface area (TPSA) is 9.23 Å². The van der Waals surface area contributed by atoms with Gasteiger partial charge in [-0.25, -0.2) is 0 Å². The van der Waals surface area contributed by atoms with E-state index in [0.29, 0.717) is 0 Å². The molecule has 0 atom stereocenters. The third-order valence-electron chi connectivity index (χ3n) is 3.17. The van der Waals surface area contributed by atoms with E-state index in [2.05, 4.69) is 52.8 Å². The minimum atomic E-state index is 0. The maximum absolute atomic E-state index is 6.10. The summed E-state index contributed by atoms with van der Waals surface area (Å²) in [4.78, 5) is 0. The smallest absolute Gasteiger partial charge is 1.00 e. The summed E-state index contributed by atoms with van der Waals surface area (Å²) in [6, 6.07) is 4.35. The van der Waals surface area contributed by atoms with E-state index < -0.39 is 0 Å². The minimum Gasteiger partial charge on any atom is -1.00 e. The van der Waals surface area contributed by atoms with Crippen LogP contribution >= 0.6 is 0 Å². The zero-order valence-corrected chi connectivity index (χ0v) is 15.7. The van der Waals surface area contributed by atoms with Crippen LogP contribution < -0.4 is 29.6 Å². The second-order valence-corrected chi connectivity index (χ2v) is 5.10. The van der Waals surface area contributed by atoms with Crippen LogP contribution in [0.25, 0.3) is 0 Å². The van der Waals surface area contributed by atoms with Crippen LogP contribution in [0.5, 0.6) is 5.75 Å². The Bertz CT molecular complexity index is 510. The second-order valence-electron chi connectivity index (χ2n) is 5.10. The Hall–Kier alpha value is -0.206. The molecule has 0 fully saturated rings. The quantitative estimate of drug-likeness (QED) is 0.600. The van der Waals surface area contributed by atoms with Gasteiger partial charge in [-0.1, -0.05) is 29.3 Å². The van der Waals surface area contributed by atoms with Crippen molar-refractivity contribution in [1.29, 1.82) is 0 Å². The summed E-state index contributed by atoms with van der Waals surface area (Å²) in [5, 5.41) is 0. The average molecular weight is 347 g/mol. The fourth-order valence-electron chi connectivity index (χ4n) is 2.46. The van der Waals surface area contributed by atoms with Gasteiger partial charge in [-0.3, -0.25) is 0 Å². The number of benzene rings is 1. The summed E-state index contributed by atoms with van der Waals surface area (Å²) in [5.74, 6) is 2.12. The van der Waals surface area contributed by atoms with Gasteiger partial charge in [0.15, 0.2) is 0 Å². The summed E-state index contributed by atoms with van der Waals surface area (Å²) >= 11 is 0. The first-order valence-corrected chi connectivity index (χ1v) is 6.10. The van der Waals surface area contributed by atoms with Gasteiger partial charge in [0, 0.05) is 6.42 Å². The molecule has 1 aliphatic carbocycles. The fourth-order valence-corrected chi connectivity index (χ4v) is 2.46. The molecule has 108 valence electrons. The Morgan fingerprint density at radius 3 is 1.80 bits per heavy atom. The van der Waals surface area contributed by atoms with Crippen molar-refractivity contribution in [3.8, 4) is 5.75 Å². The average Bonchev–Trinajstić information content (AvgIpc) is 2.51. The molecule has 0 unspecified atom stereocenters. The van der Waals surface area contributed by atoms with Gasteiger partial charge in [0.1, 0.15) is 11.5 Å². The van der Waals surface area contributed by atoms with Crippen molar-refractivity contribution in [3.63, 3.8) is 0 Å². The number of rotatable bonds is 2. The van der Waals surface area contributed by atoms with Gasteiger partial charge in [0.2, 0.25) is 0 Å². The molecule has 0 aromatic heterocycles. The van der Waals surface area contributed by atoms with E-state index in [9.17, 15) is 0 Å². The zero-order valence-electron chi connectivity index (χ0n) is 12.6. The van der Waals surface area contributed by atoms with Crippen molar-refractivity contribution in [3.05, 3.63) is 51.8 Å². The predicted molar refractivity (Wildman–Crippen MR) is 72.4 cm³/mol. The molecular weight excluding hydrogens is 327 g/mol. The Kier molecular flexibility index (Phi) is 9.88. The van der Waals surface area contributed by atoms with Crippen molar-refractivity contribution in [2.45, 2.75) is 41.0 Å². The van der Waals surface area contributed by atoms with Crippen LogP contribution in [0.2, 0.25) is 0 Å². The van der Waals surface area contributed by atoms with E-state index in [4.69, 9.17) is 4.74 Å². The Morgan fingerprint density at radius 2 is 1.40 bits per heavy atom. The van der Waals surface area contributed by atoms with Crippen LogP contribution in [0.15, 0.2) is 35.1 Å². The minimum absolute atomic E-state index is 0. The van der Waals surface area contributed by atoms with Crippen LogP contribution in [0.3, 0.4) is 0 Å². The molecule has 1 aromatic carbocycles. The van der Waals surface area contributed by atoms with Gasteiger partial charge in [-0.05, 0) is 51.3 Å². The van der Waals surface area contributed by atoms with E-state index in [0.717, 1.165) is 17.9 Å². The molecule has 1 nitrogen and oxygen atoms in total. The molecule has 0 radical (unpaired) electrons. The van der Waals surface area contributed by atoms with Gasteiger partial charge in [0.05, 0.1) is 0 Å². The van der Waals surface area contributed by atoms with Crippen molar-refractivity contribution in [2.24, 2.45) is 0 Å². The summed E-state index contributed by atoms with van der Waals surface area (Å²) in [7, 11) is 0. The maximum Gasteiger partial charge on any atom is 2.00 e. The molecule has 0 spiro atoms. The molecule has 0 bridgehead atoms. The Labute approximate surface area is 149 Å². The monoisotopic (exact) mass is 346 g/mol. The van der Waals surface area contributed by atoms with Crippen molar-refractivity contribution < 1.29 is 51.3 Å². The van der Waals surface area contributed by atoms with Gasteiger partial charge in [-0.2, -0.15) is 0 Å². The number of hydrogen-bond acceptors (Lipinski definition) is 1. The summed E-state index contributed by atoms with van der Waals surface area (Å²) in [6.07, 6.45) is 3.15. The molecule has 0 saturated heterocycles. The third kappa shape index (κ3) is 4.96. The van der Waals surface area contributed by atoms with Gasteiger partial charge >= 0.3 is 21.7 Å². The number of halogens is 2. The second kappa shape index (κ2) is 8.94. The van der Waals surface area contributed by atoms with Crippen molar-refractivity contribution in [2.75, 3.05) is 0 Å². The molecule has 0 heterocycles. The van der Waals surface area contributed by atoms with E-state index >= 15 is 0 Å². The SMILES string of the molecule is CC1=CC(C)=C(Oc2c(C)cc(C)cc2C)C1.[Cl-].[Cl-].[Ti+2]. The molecule has 2 rings (SSSR count). The molecule has 0 aliphatic heterocycles. The Morgan fingerprint density at radius 1 is 0.900 bits per heavy atom. The number of allylic oxidation sites excluding steroid dienone is 3. The Balaban J connectivity index is 0. The largest absolute Gasteiger partial charge is 2.00 e. The fraction of sp³-hybridized carbons (Fsp3) is 0.375. The van der Waals surface area contributed by atoms with Gasteiger partial charge in [-0.15, -0.1) is 0 Å². The van der Waals surface area contributed by atoms with Gasteiger partial charge in [0.25, 0.3) is 0 Å². The van der Waals surface area contributed by atoms with Crippen LogP contribution in [0, 0.1) is 20.8 Å². The van der Waals surface area contributed by atoms with Gasteiger partial charge < -0.3 is 29.6 Å². The van der Waals surface area contributed by atoms with E-state index in [1.54, 1.807) is 0 Å². The van der Waals surface area contributed by atoms with Crippen molar-refractivity contribution >= 4 is 0 Å². The van der Waals surface area contributed by atoms with Crippen LogP contribution in [0.1, 0.15) is 37.0 Å². The zero-order chi connectivity index (χ0) is 12.6. The standard InChI is InChI=1S/C16H20O.2ClH.Ti/c1-10-7-13(4)16(14(5)8-10)17-15-9-11(2)6-12(15)3;;;/h6-8H,9H2,1-5H3;2*1H;/q;;;+2/p-2. The van der Waals surface area contributed by atoms with Crippen LogP contribution in [0.4, 0.5) is 0 Å². The first-order valence-electron chi connectivity index (χ1n) is 6.10. The molecule has 4 heteroatoms. The molecule has 1 aliphatic rings. The molecule has 0 amide bonds. The van der Waals surface area contributed by atoms with E-state index in [1.807, 2.05) is 0 Å². The van der Waals surface area contributed by atoms with Crippen molar-refractivity contribution in [1.82, 2.24) is 0 Å². The molecule has 1 aromatic rings. The van der Waals surface area contributed by atoms with E-state index in [-0.39, 0.29) is 46.5 Å².